The third-order valence-electron chi connectivity index (χ3n) is 2.86. The molecule has 1 aromatic rings. The normalized spacial score (nSPS) is 19.7. The van der Waals surface area contributed by atoms with Crippen LogP contribution in [0.2, 0.25) is 0 Å². The van der Waals surface area contributed by atoms with Crippen molar-refractivity contribution in [2.75, 3.05) is 25.0 Å². The van der Waals surface area contributed by atoms with Crippen molar-refractivity contribution >= 4 is 11.7 Å². The minimum atomic E-state index is -0.542. The van der Waals surface area contributed by atoms with Crippen molar-refractivity contribution in [3.63, 3.8) is 0 Å². The van der Waals surface area contributed by atoms with E-state index in [2.05, 4.69) is 21.3 Å². The van der Waals surface area contributed by atoms with Crippen LogP contribution in [0.3, 0.4) is 0 Å². The van der Waals surface area contributed by atoms with E-state index in [1.807, 2.05) is 13.1 Å². The van der Waals surface area contributed by atoms with Gasteiger partial charge in [-0.15, -0.1) is 0 Å². The maximum Gasteiger partial charge on any atom is 0.268 e. The van der Waals surface area contributed by atoms with Gasteiger partial charge in [0.2, 0.25) is 0 Å². The molecule has 0 spiro atoms. The Hall–Kier alpha value is -1.62. The molecule has 1 atom stereocenters. The summed E-state index contributed by atoms with van der Waals surface area (Å²) in [5.41, 5.74) is 5.36. The molecule has 3 N–H and O–H groups in total. The lowest BCUT2D eigenvalue weighted by Crippen LogP contribution is -2.34. The van der Waals surface area contributed by atoms with Crippen LogP contribution in [0.5, 0.6) is 0 Å². The highest BCUT2D eigenvalue weighted by Gasteiger charge is 2.20. The number of hydrogen-bond donors (Lipinski definition) is 2. The molecule has 0 bridgehead atoms. The minimum Gasteiger partial charge on any atom is -0.364 e. The number of rotatable bonds is 3. The maximum absolute atomic E-state index is 11.0. The molecule has 0 aliphatic carbocycles. The van der Waals surface area contributed by atoms with Crippen LogP contribution in [-0.2, 0) is 0 Å². The van der Waals surface area contributed by atoms with Gasteiger partial charge in [-0.05, 0) is 25.1 Å². The van der Waals surface area contributed by atoms with Crippen LogP contribution in [0, 0.1) is 6.07 Å². The third-order valence-corrected chi connectivity index (χ3v) is 2.86. The van der Waals surface area contributed by atoms with Gasteiger partial charge in [-0.2, -0.15) is 0 Å². The first-order chi connectivity index (χ1) is 7.68. The zero-order valence-corrected chi connectivity index (χ0v) is 9.23. The number of likely N-dealkylation sites (N-methyl/N-ethyl adjacent to an activating group) is 1. The third kappa shape index (κ3) is 2.14. The van der Waals surface area contributed by atoms with Crippen molar-refractivity contribution in [1.29, 1.82) is 0 Å². The van der Waals surface area contributed by atoms with Gasteiger partial charge in [0.25, 0.3) is 5.91 Å². The monoisotopic (exact) mass is 219 g/mol. The molecular formula is C11H15N4O. The largest absolute Gasteiger partial charge is 0.364 e. The van der Waals surface area contributed by atoms with Gasteiger partial charge in [0.1, 0.15) is 11.5 Å². The smallest absolute Gasteiger partial charge is 0.268 e. The average Bonchev–Trinajstić information content (AvgIpc) is 2.81. The van der Waals surface area contributed by atoms with E-state index in [1.165, 1.54) is 0 Å². The zero-order chi connectivity index (χ0) is 11.5. The Kier molecular flexibility index (Phi) is 3.05. The molecule has 0 aromatic carbocycles. The average molecular weight is 219 g/mol. The van der Waals surface area contributed by atoms with E-state index in [-0.39, 0.29) is 5.69 Å². The molecule has 1 aromatic heterocycles. The lowest BCUT2D eigenvalue weighted by molar-refractivity contribution is 0.0995. The van der Waals surface area contributed by atoms with E-state index in [0.717, 1.165) is 25.3 Å². The number of carbonyl (C=O) groups excluding carboxylic acids is 1. The van der Waals surface area contributed by atoms with E-state index >= 15 is 0 Å². The van der Waals surface area contributed by atoms with Gasteiger partial charge >= 0.3 is 0 Å². The number of primary amides is 1. The fraction of sp³-hybridized carbons (Fsp3) is 0.455. The molecule has 2 rings (SSSR count). The summed E-state index contributed by atoms with van der Waals surface area (Å²) in [4.78, 5) is 17.2. The van der Waals surface area contributed by atoms with Crippen LogP contribution < -0.4 is 16.0 Å². The number of nitrogens with two attached hydrogens (primary N) is 1. The Bertz CT molecular complexity index is 387. The minimum absolute atomic E-state index is 0.190. The van der Waals surface area contributed by atoms with Crippen molar-refractivity contribution in [2.45, 2.75) is 12.5 Å². The lowest BCUT2D eigenvalue weighted by atomic mass is 10.2. The van der Waals surface area contributed by atoms with Crippen LogP contribution >= 0.6 is 0 Å². The molecule has 1 amide bonds. The second kappa shape index (κ2) is 4.49. The van der Waals surface area contributed by atoms with Crippen molar-refractivity contribution in [3.8, 4) is 0 Å². The van der Waals surface area contributed by atoms with E-state index in [1.54, 1.807) is 6.07 Å². The predicted octanol–water partition coefficient (Wildman–Crippen LogP) is -0.221. The van der Waals surface area contributed by atoms with Gasteiger partial charge in [0.05, 0.1) is 0 Å². The second-order valence-corrected chi connectivity index (χ2v) is 3.92. The van der Waals surface area contributed by atoms with Crippen molar-refractivity contribution in [2.24, 2.45) is 5.73 Å². The SMILES string of the molecule is CN(c1cc[c]c(C(N)=O)n1)[C@H]1CCNC1. The van der Waals surface area contributed by atoms with Crippen LogP contribution in [0.25, 0.3) is 0 Å². The molecular weight excluding hydrogens is 204 g/mol. The Morgan fingerprint density at radius 2 is 2.56 bits per heavy atom. The molecule has 1 fully saturated rings. The highest BCUT2D eigenvalue weighted by molar-refractivity contribution is 5.90. The fourth-order valence-electron chi connectivity index (χ4n) is 1.86. The number of anilines is 1. The molecule has 5 nitrogen and oxygen atoms in total. The summed E-state index contributed by atoms with van der Waals surface area (Å²) >= 11 is 0. The second-order valence-electron chi connectivity index (χ2n) is 3.92. The highest BCUT2D eigenvalue weighted by atomic mass is 16.1. The van der Waals surface area contributed by atoms with E-state index in [4.69, 9.17) is 5.73 Å². The van der Waals surface area contributed by atoms with Gasteiger partial charge in [0, 0.05) is 25.7 Å². The lowest BCUT2D eigenvalue weighted by Gasteiger charge is -2.24. The van der Waals surface area contributed by atoms with Gasteiger partial charge in [-0.3, -0.25) is 4.79 Å². The van der Waals surface area contributed by atoms with Gasteiger partial charge in [-0.25, -0.2) is 4.98 Å². The maximum atomic E-state index is 11.0. The molecule has 2 heterocycles. The Balaban J connectivity index is 2.18. The highest BCUT2D eigenvalue weighted by Crippen LogP contribution is 2.15. The first-order valence-electron chi connectivity index (χ1n) is 5.30. The predicted molar refractivity (Wildman–Crippen MR) is 61.3 cm³/mol. The summed E-state index contributed by atoms with van der Waals surface area (Å²) in [6, 6.07) is 6.67. The van der Waals surface area contributed by atoms with Crippen molar-refractivity contribution in [1.82, 2.24) is 10.3 Å². The molecule has 1 saturated heterocycles. The van der Waals surface area contributed by atoms with Crippen molar-refractivity contribution in [3.05, 3.63) is 23.9 Å². The summed E-state index contributed by atoms with van der Waals surface area (Å²) < 4.78 is 0. The number of aromatic nitrogens is 1. The molecule has 1 aliphatic rings. The molecule has 0 saturated carbocycles. The Morgan fingerprint density at radius 1 is 1.75 bits per heavy atom. The van der Waals surface area contributed by atoms with Crippen LogP contribution in [-0.4, -0.2) is 37.1 Å². The molecule has 0 unspecified atom stereocenters. The van der Waals surface area contributed by atoms with Gasteiger partial charge in [-0.1, -0.05) is 0 Å². The van der Waals surface area contributed by atoms with Crippen molar-refractivity contribution < 1.29 is 4.79 Å². The number of nitrogens with one attached hydrogen (secondary N) is 1. The molecule has 1 radical (unpaired) electrons. The number of hydrogen-bond acceptors (Lipinski definition) is 4. The van der Waals surface area contributed by atoms with E-state index in [0.29, 0.717) is 6.04 Å². The summed E-state index contributed by atoms with van der Waals surface area (Å²) in [6.45, 7) is 1.97. The van der Waals surface area contributed by atoms with E-state index < -0.39 is 5.91 Å². The van der Waals surface area contributed by atoms with Crippen LogP contribution in [0.4, 0.5) is 5.82 Å². The fourth-order valence-corrected chi connectivity index (χ4v) is 1.86. The summed E-state index contributed by atoms with van der Waals surface area (Å²) in [5, 5.41) is 3.29. The molecule has 5 heteroatoms. The van der Waals surface area contributed by atoms with Gasteiger partial charge in [0.15, 0.2) is 0 Å². The van der Waals surface area contributed by atoms with Crippen LogP contribution in [0.1, 0.15) is 16.9 Å². The quantitative estimate of drug-likeness (QED) is 0.737. The summed E-state index contributed by atoms with van der Waals surface area (Å²) in [7, 11) is 1.98. The number of pyridine rings is 1. The summed E-state index contributed by atoms with van der Waals surface area (Å²) in [5.74, 6) is 0.223. The standard InChI is InChI=1S/C11H15N4O/c1-15(8-5-6-13-7-8)10-4-2-3-9(14-10)11(12)16/h2,4,8,13H,5-7H2,1H3,(H2,12,16)/t8-/m0/s1. The number of carbonyl (C=O) groups is 1. The zero-order valence-electron chi connectivity index (χ0n) is 9.23. The van der Waals surface area contributed by atoms with E-state index in [9.17, 15) is 4.79 Å². The topological polar surface area (TPSA) is 71.2 Å². The van der Waals surface area contributed by atoms with Crippen LogP contribution in [0.15, 0.2) is 12.1 Å². The Morgan fingerprint density at radius 3 is 3.19 bits per heavy atom. The molecule has 85 valence electrons. The number of nitrogens with zero attached hydrogens (tertiary/aromatic N) is 2. The molecule has 16 heavy (non-hydrogen) atoms. The van der Waals surface area contributed by atoms with Gasteiger partial charge < -0.3 is 16.0 Å². The number of amides is 1. The first-order valence-corrected chi connectivity index (χ1v) is 5.30. The Labute approximate surface area is 94.6 Å². The summed E-state index contributed by atoms with van der Waals surface area (Å²) in [6.07, 6.45) is 1.09. The molecule has 1 aliphatic heterocycles. The first kappa shape index (κ1) is 10.9.